The molecule has 4 nitrogen and oxygen atoms in total. The van der Waals surface area contributed by atoms with Gasteiger partial charge in [-0.3, -0.25) is 4.98 Å². The second kappa shape index (κ2) is 7.55. The summed E-state index contributed by atoms with van der Waals surface area (Å²) >= 11 is 0. The van der Waals surface area contributed by atoms with Crippen molar-refractivity contribution in [1.82, 2.24) is 4.98 Å². The average molecular weight is 290 g/mol. The van der Waals surface area contributed by atoms with E-state index in [1.54, 1.807) is 18.3 Å². The lowest BCUT2D eigenvalue weighted by molar-refractivity contribution is -0.131. The van der Waals surface area contributed by atoms with E-state index < -0.39 is 5.97 Å². The van der Waals surface area contributed by atoms with Crippen molar-refractivity contribution >= 4 is 5.97 Å². The van der Waals surface area contributed by atoms with E-state index in [1.807, 2.05) is 42.5 Å². The molecular weight excluding hydrogens is 276 g/mol. The number of aliphatic carboxylic acids is 1. The first kappa shape index (κ1) is 15.2. The van der Waals surface area contributed by atoms with Crippen molar-refractivity contribution in [2.75, 3.05) is 0 Å². The van der Waals surface area contributed by atoms with E-state index in [4.69, 9.17) is 10.4 Å². The van der Waals surface area contributed by atoms with Crippen molar-refractivity contribution in [3.63, 3.8) is 0 Å². The van der Waals surface area contributed by atoms with Gasteiger partial charge in [0.05, 0.1) is 11.3 Å². The minimum atomic E-state index is -0.955. The summed E-state index contributed by atoms with van der Waals surface area (Å²) in [5.74, 6) is -0.955. The largest absolute Gasteiger partial charge is 0.478 e. The summed E-state index contributed by atoms with van der Waals surface area (Å²) in [6.07, 6.45) is 8.48. The van der Waals surface area contributed by atoms with Crippen LogP contribution >= 0.6 is 0 Å². The predicted molar refractivity (Wildman–Crippen MR) is 84.0 cm³/mol. The quantitative estimate of drug-likeness (QED) is 0.677. The van der Waals surface area contributed by atoms with Gasteiger partial charge in [0.25, 0.3) is 0 Å². The molecule has 0 aliphatic carbocycles. The van der Waals surface area contributed by atoms with Gasteiger partial charge in [-0.2, -0.15) is 5.26 Å². The van der Waals surface area contributed by atoms with Crippen LogP contribution in [0.3, 0.4) is 0 Å². The van der Waals surface area contributed by atoms with Gasteiger partial charge in [0, 0.05) is 17.8 Å². The summed E-state index contributed by atoms with van der Waals surface area (Å²) in [7, 11) is 0. The Morgan fingerprint density at radius 2 is 1.95 bits per heavy atom. The molecule has 108 valence electrons. The number of carbonyl (C=O) groups is 1. The predicted octanol–water partition coefficient (Wildman–Crippen LogP) is 3.36. The molecule has 1 aromatic carbocycles. The molecule has 0 aliphatic rings. The summed E-state index contributed by atoms with van der Waals surface area (Å²) in [4.78, 5) is 14.6. The van der Waals surface area contributed by atoms with Crippen LogP contribution in [0.15, 0.2) is 66.9 Å². The maximum Gasteiger partial charge on any atom is 0.328 e. The zero-order valence-electron chi connectivity index (χ0n) is 11.8. The second-order valence-corrected chi connectivity index (χ2v) is 4.57. The molecule has 4 heteroatoms. The normalized spacial score (nSPS) is 10.9. The highest BCUT2D eigenvalue weighted by Gasteiger charge is 1.99. The third kappa shape index (κ3) is 4.43. The molecule has 2 rings (SSSR count). The summed E-state index contributed by atoms with van der Waals surface area (Å²) < 4.78 is 0. The highest BCUT2D eigenvalue weighted by atomic mass is 16.4. The lowest BCUT2D eigenvalue weighted by Crippen LogP contribution is -1.86. The molecule has 0 fully saturated rings. The van der Waals surface area contributed by atoms with E-state index in [2.05, 4.69) is 4.98 Å². The number of allylic oxidation sites excluding steroid dienone is 3. The Morgan fingerprint density at radius 3 is 2.55 bits per heavy atom. The molecule has 0 amide bonds. The summed E-state index contributed by atoms with van der Waals surface area (Å²) in [6, 6.07) is 13.6. The van der Waals surface area contributed by atoms with Gasteiger partial charge in [0.15, 0.2) is 0 Å². The number of benzene rings is 1. The van der Waals surface area contributed by atoms with Gasteiger partial charge in [-0.15, -0.1) is 0 Å². The maximum absolute atomic E-state index is 10.3. The Morgan fingerprint density at radius 1 is 1.18 bits per heavy atom. The van der Waals surface area contributed by atoms with Crippen LogP contribution in [0.1, 0.15) is 11.1 Å². The van der Waals surface area contributed by atoms with Crippen LogP contribution in [0.4, 0.5) is 0 Å². The Kier molecular flexibility index (Phi) is 5.22. The molecule has 1 N–H and O–H groups in total. The van der Waals surface area contributed by atoms with E-state index in [9.17, 15) is 4.79 Å². The van der Waals surface area contributed by atoms with Gasteiger partial charge in [-0.1, -0.05) is 42.5 Å². The molecule has 0 spiro atoms. The first-order valence-electron chi connectivity index (χ1n) is 6.70. The topological polar surface area (TPSA) is 74.0 Å². The summed E-state index contributed by atoms with van der Waals surface area (Å²) in [6.45, 7) is 0. The van der Waals surface area contributed by atoms with Crippen LogP contribution in [0.5, 0.6) is 0 Å². The minimum Gasteiger partial charge on any atom is -0.478 e. The molecule has 1 aromatic heterocycles. The van der Waals surface area contributed by atoms with Crippen molar-refractivity contribution < 1.29 is 9.90 Å². The lowest BCUT2D eigenvalue weighted by atomic mass is 10.1. The van der Waals surface area contributed by atoms with Crippen LogP contribution in [0.25, 0.3) is 11.3 Å². The van der Waals surface area contributed by atoms with E-state index in [0.717, 1.165) is 29.3 Å². The first-order valence-corrected chi connectivity index (χ1v) is 6.70. The van der Waals surface area contributed by atoms with Gasteiger partial charge in [-0.25, -0.2) is 4.79 Å². The number of hydrogen-bond donors (Lipinski definition) is 1. The lowest BCUT2D eigenvalue weighted by Gasteiger charge is -2.02. The number of carboxylic acid groups (broad SMARTS) is 1. The molecule has 1 heterocycles. The van der Waals surface area contributed by atoms with Crippen LogP contribution in [0, 0.1) is 11.3 Å². The van der Waals surface area contributed by atoms with E-state index >= 15 is 0 Å². The fourth-order valence-corrected chi connectivity index (χ4v) is 1.86. The SMILES string of the molecule is N#Cc1ccc(-c2ccc(CC=CC=CC(=O)O)cc2)nc1. The maximum atomic E-state index is 10.3. The van der Waals surface area contributed by atoms with Crippen LogP contribution in [-0.4, -0.2) is 16.1 Å². The van der Waals surface area contributed by atoms with Crippen LogP contribution in [-0.2, 0) is 11.2 Å². The molecule has 22 heavy (non-hydrogen) atoms. The molecule has 0 saturated heterocycles. The molecular formula is C18H14N2O2. The van der Waals surface area contributed by atoms with Crippen molar-refractivity contribution in [3.05, 3.63) is 78.0 Å². The van der Waals surface area contributed by atoms with E-state index in [0.29, 0.717) is 5.56 Å². The van der Waals surface area contributed by atoms with Crippen molar-refractivity contribution in [2.45, 2.75) is 6.42 Å². The fraction of sp³-hybridized carbons (Fsp3) is 0.0556. The smallest absolute Gasteiger partial charge is 0.328 e. The van der Waals surface area contributed by atoms with Gasteiger partial charge >= 0.3 is 5.97 Å². The number of aromatic nitrogens is 1. The monoisotopic (exact) mass is 290 g/mol. The minimum absolute atomic E-state index is 0.542. The molecule has 0 radical (unpaired) electrons. The Hall–Kier alpha value is -3.19. The highest BCUT2D eigenvalue weighted by Crippen LogP contribution is 2.18. The fourth-order valence-electron chi connectivity index (χ4n) is 1.86. The average Bonchev–Trinajstić information content (AvgIpc) is 2.55. The van der Waals surface area contributed by atoms with Gasteiger partial charge in [0.2, 0.25) is 0 Å². The number of nitriles is 1. The van der Waals surface area contributed by atoms with Crippen molar-refractivity contribution in [2.24, 2.45) is 0 Å². The molecule has 2 aromatic rings. The number of pyridine rings is 1. The van der Waals surface area contributed by atoms with Gasteiger partial charge < -0.3 is 5.11 Å². The number of hydrogen-bond acceptors (Lipinski definition) is 3. The van der Waals surface area contributed by atoms with E-state index in [1.165, 1.54) is 6.08 Å². The zero-order valence-corrected chi connectivity index (χ0v) is 11.8. The molecule has 0 aliphatic heterocycles. The number of rotatable bonds is 5. The van der Waals surface area contributed by atoms with Gasteiger partial charge in [0.1, 0.15) is 6.07 Å². The van der Waals surface area contributed by atoms with Crippen molar-refractivity contribution in [1.29, 1.82) is 5.26 Å². The molecule has 0 saturated carbocycles. The third-order valence-electron chi connectivity index (χ3n) is 2.98. The number of nitrogens with zero attached hydrogens (tertiary/aromatic N) is 2. The highest BCUT2D eigenvalue weighted by molar-refractivity contribution is 5.80. The second-order valence-electron chi connectivity index (χ2n) is 4.57. The Bertz CT molecular complexity index is 736. The molecule has 0 unspecified atom stereocenters. The van der Waals surface area contributed by atoms with Crippen LogP contribution < -0.4 is 0 Å². The summed E-state index contributed by atoms with van der Waals surface area (Å²) in [5, 5.41) is 17.2. The summed E-state index contributed by atoms with van der Waals surface area (Å²) in [5.41, 5.74) is 3.48. The molecule has 0 bridgehead atoms. The standard InChI is InChI=1S/C18H14N2O2/c19-12-15-8-11-17(20-13-15)16-9-6-14(7-10-16)4-2-1-3-5-18(21)22/h1-3,5-11,13H,4H2,(H,21,22). The molecule has 0 atom stereocenters. The van der Waals surface area contributed by atoms with Crippen molar-refractivity contribution in [3.8, 4) is 17.3 Å². The van der Waals surface area contributed by atoms with Gasteiger partial charge in [-0.05, 0) is 24.1 Å². The zero-order chi connectivity index (χ0) is 15.8. The Labute approximate surface area is 128 Å². The van der Waals surface area contributed by atoms with Crippen LogP contribution in [0.2, 0.25) is 0 Å². The third-order valence-corrected chi connectivity index (χ3v) is 2.98. The Balaban J connectivity index is 2.00. The first-order chi connectivity index (χ1) is 10.7. The number of carboxylic acids is 1. The van der Waals surface area contributed by atoms with E-state index in [-0.39, 0.29) is 0 Å².